The lowest BCUT2D eigenvalue weighted by atomic mass is 10.0. The minimum absolute atomic E-state index is 0.0541. The molecule has 0 bridgehead atoms. The average Bonchev–Trinajstić information content (AvgIpc) is 2.92. The van der Waals surface area contributed by atoms with E-state index in [-0.39, 0.29) is 11.5 Å². The maximum absolute atomic E-state index is 13.1. The number of fused-ring (bicyclic) bond motifs is 3. The second-order valence-electron chi connectivity index (χ2n) is 6.81. The lowest BCUT2D eigenvalue weighted by Crippen LogP contribution is -2.03. The molecule has 0 fully saturated rings. The van der Waals surface area contributed by atoms with Crippen molar-refractivity contribution in [1.29, 1.82) is 0 Å². The normalized spacial score (nSPS) is 15.9. The van der Waals surface area contributed by atoms with Gasteiger partial charge in [0.25, 0.3) is 0 Å². The lowest BCUT2D eigenvalue weighted by Gasteiger charge is -2.06. The summed E-state index contributed by atoms with van der Waals surface area (Å²) in [5.74, 6) is 0.552. The number of carbonyl (C=O) groups excluding carboxylic acids is 1. The highest BCUT2D eigenvalue weighted by molar-refractivity contribution is 6.14. The number of hydrogen-bond donors (Lipinski definition) is 2. The zero-order chi connectivity index (χ0) is 18.3. The first-order valence-electron chi connectivity index (χ1n) is 8.80. The summed E-state index contributed by atoms with van der Waals surface area (Å²) in [5.41, 5.74) is 5.67. The smallest absolute Gasteiger partial charge is 0.205 e. The monoisotopic (exact) mass is 347 g/mol. The quantitative estimate of drug-likeness (QED) is 0.517. The second-order valence-corrected chi connectivity index (χ2v) is 6.81. The van der Waals surface area contributed by atoms with Crippen molar-refractivity contribution >= 4 is 22.8 Å². The molecule has 4 heteroatoms. The molecule has 4 rings (SSSR count). The summed E-state index contributed by atoms with van der Waals surface area (Å²) in [4.78, 5) is 16.5. The first kappa shape index (κ1) is 16.5. The van der Waals surface area contributed by atoms with E-state index in [0.717, 1.165) is 46.9 Å². The number of H-pyrrole nitrogens is 1. The largest absolute Gasteiger partial charge is 0.504 e. The SMILES string of the molecule is COc1cc(/C=C2\CCCc3c([nH]c4ccc(C)cc34)C2=O)ccc1O. The number of aryl methyl sites for hydroxylation is 2. The Hall–Kier alpha value is -3.01. The number of phenols is 1. The number of carbonyl (C=O) groups is 1. The molecule has 0 amide bonds. The molecule has 1 aliphatic carbocycles. The number of rotatable bonds is 2. The van der Waals surface area contributed by atoms with Crippen LogP contribution in [-0.4, -0.2) is 23.0 Å². The van der Waals surface area contributed by atoms with Crippen molar-refractivity contribution in [3.63, 3.8) is 0 Å². The summed E-state index contributed by atoms with van der Waals surface area (Å²) >= 11 is 0. The summed E-state index contributed by atoms with van der Waals surface area (Å²) in [6, 6.07) is 11.4. The molecule has 26 heavy (non-hydrogen) atoms. The molecule has 4 nitrogen and oxygen atoms in total. The maximum atomic E-state index is 13.1. The van der Waals surface area contributed by atoms with E-state index in [0.29, 0.717) is 11.4 Å². The summed E-state index contributed by atoms with van der Waals surface area (Å²) in [5, 5.41) is 10.9. The van der Waals surface area contributed by atoms with Crippen LogP contribution < -0.4 is 4.74 Å². The Morgan fingerprint density at radius 3 is 2.81 bits per heavy atom. The highest BCUT2D eigenvalue weighted by Crippen LogP contribution is 2.33. The molecule has 0 saturated heterocycles. The molecule has 3 aromatic rings. The Kier molecular flexibility index (Phi) is 4.03. The van der Waals surface area contributed by atoms with Crippen molar-refractivity contribution in [2.24, 2.45) is 0 Å². The molecule has 0 saturated carbocycles. The van der Waals surface area contributed by atoms with E-state index in [9.17, 15) is 9.90 Å². The molecule has 2 aromatic carbocycles. The first-order chi connectivity index (χ1) is 12.6. The molecule has 2 N–H and O–H groups in total. The average molecular weight is 347 g/mol. The third-order valence-corrected chi connectivity index (χ3v) is 5.00. The molecule has 0 radical (unpaired) electrons. The van der Waals surface area contributed by atoms with E-state index in [1.807, 2.05) is 12.1 Å². The summed E-state index contributed by atoms with van der Waals surface area (Å²) in [6.45, 7) is 2.07. The summed E-state index contributed by atoms with van der Waals surface area (Å²) < 4.78 is 5.16. The van der Waals surface area contributed by atoms with Crippen LogP contribution >= 0.6 is 0 Å². The Balaban J connectivity index is 1.78. The van der Waals surface area contributed by atoms with Gasteiger partial charge in [0.15, 0.2) is 11.5 Å². The molecule has 132 valence electrons. The van der Waals surface area contributed by atoms with Crippen LogP contribution in [0.15, 0.2) is 42.0 Å². The van der Waals surface area contributed by atoms with Crippen molar-refractivity contribution in [3.8, 4) is 11.5 Å². The number of aromatic nitrogens is 1. The van der Waals surface area contributed by atoms with Crippen LogP contribution in [0.25, 0.3) is 17.0 Å². The van der Waals surface area contributed by atoms with Crippen molar-refractivity contribution in [2.75, 3.05) is 7.11 Å². The van der Waals surface area contributed by atoms with E-state index >= 15 is 0 Å². The fourth-order valence-corrected chi connectivity index (χ4v) is 3.67. The molecule has 0 unspecified atom stereocenters. The maximum Gasteiger partial charge on any atom is 0.205 e. The molecular formula is C22H21NO3. The van der Waals surface area contributed by atoms with Gasteiger partial charge in [-0.15, -0.1) is 0 Å². The highest BCUT2D eigenvalue weighted by Gasteiger charge is 2.24. The number of methoxy groups -OCH3 is 1. The molecule has 0 aliphatic heterocycles. The van der Waals surface area contributed by atoms with Gasteiger partial charge < -0.3 is 14.8 Å². The number of phenolic OH excluding ortho intramolecular Hbond substituents is 1. The third kappa shape index (κ3) is 2.77. The molecule has 1 aliphatic rings. The van der Waals surface area contributed by atoms with Gasteiger partial charge in [0.05, 0.1) is 12.8 Å². The van der Waals surface area contributed by atoms with Gasteiger partial charge in [0, 0.05) is 16.5 Å². The number of Topliss-reactive ketones (excluding diaryl/α,β-unsaturated/α-hetero) is 1. The van der Waals surface area contributed by atoms with Crippen LogP contribution in [0, 0.1) is 6.92 Å². The number of ether oxygens (including phenoxy) is 1. The van der Waals surface area contributed by atoms with Crippen LogP contribution in [0.4, 0.5) is 0 Å². The minimum atomic E-state index is 0.0541. The van der Waals surface area contributed by atoms with Crippen molar-refractivity contribution in [3.05, 3.63) is 64.4 Å². The zero-order valence-corrected chi connectivity index (χ0v) is 14.9. The molecular weight excluding hydrogens is 326 g/mol. The molecule has 0 atom stereocenters. The Morgan fingerprint density at radius 1 is 1.15 bits per heavy atom. The van der Waals surface area contributed by atoms with E-state index in [1.165, 1.54) is 12.7 Å². The molecule has 0 spiro atoms. The van der Waals surface area contributed by atoms with Gasteiger partial charge in [-0.2, -0.15) is 0 Å². The number of ketones is 1. The van der Waals surface area contributed by atoms with Crippen LogP contribution in [0.5, 0.6) is 11.5 Å². The van der Waals surface area contributed by atoms with Crippen molar-refractivity contribution in [1.82, 2.24) is 4.98 Å². The topological polar surface area (TPSA) is 62.3 Å². The van der Waals surface area contributed by atoms with Gasteiger partial charge in [0.2, 0.25) is 5.78 Å². The van der Waals surface area contributed by atoms with Gasteiger partial charge >= 0.3 is 0 Å². The number of nitrogens with one attached hydrogen (secondary N) is 1. The van der Waals surface area contributed by atoms with Crippen LogP contribution in [0.3, 0.4) is 0 Å². The van der Waals surface area contributed by atoms with Gasteiger partial charge in [-0.3, -0.25) is 4.79 Å². The highest BCUT2D eigenvalue weighted by atomic mass is 16.5. The zero-order valence-electron chi connectivity index (χ0n) is 14.9. The lowest BCUT2D eigenvalue weighted by molar-refractivity contribution is 0.102. The fourth-order valence-electron chi connectivity index (χ4n) is 3.67. The van der Waals surface area contributed by atoms with E-state index in [2.05, 4.69) is 24.0 Å². The Morgan fingerprint density at radius 2 is 2.00 bits per heavy atom. The minimum Gasteiger partial charge on any atom is -0.504 e. The summed E-state index contributed by atoms with van der Waals surface area (Å²) in [7, 11) is 1.52. The third-order valence-electron chi connectivity index (χ3n) is 5.00. The fraction of sp³-hybridized carbons (Fsp3) is 0.227. The molecule has 1 aromatic heterocycles. The van der Waals surface area contributed by atoms with Crippen LogP contribution in [-0.2, 0) is 6.42 Å². The number of hydrogen-bond acceptors (Lipinski definition) is 3. The van der Waals surface area contributed by atoms with Crippen LogP contribution in [0.2, 0.25) is 0 Å². The van der Waals surface area contributed by atoms with Gasteiger partial charge in [-0.1, -0.05) is 17.7 Å². The first-order valence-corrected chi connectivity index (χ1v) is 8.80. The summed E-state index contributed by atoms with van der Waals surface area (Å²) in [6.07, 6.45) is 4.45. The number of aromatic hydroxyl groups is 1. The van der Waals surface area contributed by atoms with E-state index in [1.54, 1.807) is 18.2 Å². The van der Waals surface area contributed by atoms with E-state index < -0.39 is 0 Å². The number of benzene rings is 2. The Bertz CT molecular complexity index is 1040. The van der Waals surface area contributed by atoms with E-state index in [4.69, 9.17) is 4.74 Å². The van der Waals surface area contributed by atoms with Gasteiger partial charge in [0.1, 0.15) is 0 Å². The molecule has 1 heterocycles. The van der Waals surface area contributed by atoms with Gasteiger partial charge in [-0.25, -0.2) is 0 Å². The number of allylic oxidation sites excluding steroid dienone is 1. The predicted octanol–water partition coefficient (Wildman–Crippen LogP) is 4.79. The predicted molar refractivity (Wildman–Crippen MR) is 103 cm³/mol. The van der Waals surface area contributed by atoms with Crippen molar-refractivity contribution in [2.45, 2.75) is 26.2 Å². The Labute approximate surface area is 152 Å². The van der Waals surface area contributed by atoms with Gasteiger partial charge in [-0.05, 0) is 67.7 Å². The van der Waals surface area contributed by atoms with Crippen LogP contribution in [0.1, 0.15) is 40.0 Å². The standard InChI is InChI=1S/C22H21NO3/c1-13-6-8-18-17(10-13)16-5-3-4-15(22(25)21(16)23-18)11-14-7-9-19(24)20(12-14)26-2/h6-12,23-24H,3-5H2,1-2H3/b15-11+. The second kappa shape index (κ2) is 6.37. The number of aromatic amines is 1. The van der Waals surface area contributed by atoms with Crippen molar-refractivity contribution < 1.29 is 14.6 Å².